The summed E-state index contributed by atoms with van der Waals surface area (Å²) in [6.07, 6.45) is 0.756. The van der Waals surface area contributed by atoms with Crippen LogP contribution in [0, 0.1) is 24.2 Å². The molecule has 0 aliphatic heterocycles. The molecule has 1 unspecified atom stereocenters. The molecular weight excluding hydrogens is 204 g/mol. The monoisotopic (exact) mass is 222 g/mol. The molecule has 5 heteroatoms. The van der Waals surface area contributed by atoms with Gasteiger partial charge < -0.3 is 10.4 Å². The molecule has 5 nitrogen and oxygen atoms in total. The molecule has 0 bridgehead atoms. The van der Waals surface area contributed by atoms with E-state index < -0.39 is 0 Å². The van der Waals surface area contributed by atoms with E-state index in [-0.39, 0.29) is 6.61 Å². The number of nitrogens with zero attached hydrogens (tertiary/aromatic N) is 3. The van der Waals surface area contributed by atoms with Gasteiger partial charge in [-0.3, -0.25) is 4.68 Å². The molecular formula is C11H18N4O. The molecule has 0 aliphatic carbocycles. The fraction of sp³-hybridized carbons (Fsp3) is 0.636. The largest absolute Gasteiger partial charge is 0.396 e. The Morgan fingerprint density at radius 1 is 1.62 bits per heavy atom. The van der Waals surface area contributed by atoms with Crippen LogP contribution >= 0.6 is 0 Å². The third-order valence-corrected chi connectivity index (χ3v) is 2.57. The van der Waals surface area contributed by atoms with Gasteiger partial charge in [-0.15, -0.1) is 0 Å². The minimum atomic E-state index is 0.193. The molecule has 1 heterocycles. The van der Waals surface area contributed by atoms with E-state index in [1.807, 2.05) is 14.0 Å². The zero-order chi connectivity index (χ0) is 12.1. The Morgan fingerprint density at radius 2 is 2.31 bits per heavy atom. The average molecular weight is 222 g/mol. The molecule has 1 rings (SSSR count). The minimum Gasteiger partial charge on any atom is -0.396 e. The molecule has 1 aromatic heterocycles. The Labute approximate surface area is 95.7 Å². The molecule has 1 aromatic rings. The van der Waals surface area contributed by atoms with Crippen LogP contribution < -0.4 is 5.32 Å². The summed E-state index contributed by atoms with van der Waals surface area (Å²) in [5.41, 5.74) is 1.33. The van der Waals surface area contributed by atoms with E-state index in [9.17, 15) is 0 Å². The maximum atomic E-state index is 9.00. The fourth-order valence-electron chi connectivity index (χ4n) is 1.59. The van der Waals surface area contributed by atoms with Crippen LogP contribution in [0.25, 0.3) is 0 Å². The van der Waals surface area contributed by atoms with Gasteiger partial charge in [-0.25, -0.2) is 0 Å². The Hall–Kier alpha value is -1.54. The Bertz CT molecular complexity index is 391. The van der Waals surface area contributed by atoms with Gasteiger partial charge in [0.25, 0.3) is 0 Å². The van der Waals surface area contributed by atoms with E-state index in [1.165, 1.54) is 0 Å². The van der Waals surface area contributed by atoms with Crippen LogP contribution in [0.1, 0.15) is 24.6 Å². The number of aryl methyl sites for hydroxylation is 2. The first-order valence-electron chi connectivity index (χ1n) is 5.38. The highest BCUT2D eigenvalue weighted by atomic mass is 16.3. The van der Waals surface area contributed by atoms with Crippen molar-refractivity contribution < 1.29 is 5.11 Å². The average Bonchev–Trinajstić information content (AvgIpc) is 2.50. The standard InChI is InChI=1S/C11H18N4O/c1-8(4-5-16)7-13-11-10(6-12)9(2)14-15(11)3/h8,13,16H,4-5,7H2,1-3H3. The second kappa shape index (κ2) is 5.52. The van der Waals surface area contributed by atoms with Gasteiger partial charge in [-0.05, 0) is 19.3 Å². The number of nitrogens with one attached hydrogen (secondary N) is 1. The van der Waals surface area contributed by atoms with Crippen LogP contribution in [0.3, 0.4) is 0 Å². The van der Waals surface area contributed by atoms with E-state index in [4.69, 9.17) is 10.4 Å². The van der Waals surface area contributed by atoms with Crippen LogP contribution in [-0.2, 0) is 7.05 Å². The van der Waals surface area contributed by atoms with Crippen molar-refractivity contribution >= 4 is 5.82 Å². The van der Waals surface area contributed by atoms with Gasteiger partial charge in [0.2, 0.25) is 0 Å². The number of aliphatic hydroxyl groups excluding tert-OH is 1. The molecule has 0 spiro atoms. The van der Waals surface area contributed by atoms with Gasteiger partial charge in [0.15, 0.2) is 0 Å². The van der Waals surface area contributed by atoms with Gasteiger partial charge in [-0.2, -0.15) is 10.4 Å². The molecule has 0 saturated heterocycles. The summed E-state index contributed by atoms with van der Waals surface area (Å²) in [4.78, 5) is 0. The number of rotatable bonds is 5. The first-order valence-corrected chi connectivity index (χ1v) is 5.38. The first-order chi connectivity index (χ1) is 7.60. The normalized spacial score (nSPS) is 12.2. The van der Waals surface area contributed by atoms with Crippen molar-refractivity contribution in [2.45, 2.75) is 20.3 Å². The lowest BCUT2D eigenvalue weighted by Crippen LogP contribution is -2.15. The van der Waals surface area contributed by atoms with Crippen molar-refractivity contribution in [3.63, 3.8) is 0 Å². The molecule has 2 N–H and O–H groups in total. The second-order valence-corrected chi connectivity index (χ2v) is 4.04. The lowest BCUT2D eigenvalue weighted by molar-refractivity contribution is 0.265. The van der Waals surface area contributed by atoms with E-state index in [0.29, 0.717) is 11.5 Å². The highest BCUT2D eigenvalue weighted by Gasteiger charge is 2.12. The summed E-state index contributed by atoms with van der Waals surface area (Å²) in [6.45, 7) is 4.80. The van der Waals surface area contributed by atoms with Crippen LogP contribution in [0.15, 0.2) is 0 Å². The molecule has 0 aliphatic rings. The Kier molecular flexibility index (Phi) is 4.32. The van der Waals surface area contributed by atoms with Crippen molar-refractivity contribution in [3.05, 3.63) is 11.3 Å². The third-order valence-electron chi connectivity index (χ3n) is 2.57. The van der Waals surface area contributed by atoms with Crippen molar-refractivity contribution in [2.24, 2.45) is 13.0 Å². The predicted molar refractivity (Wildman–Crippen MR) is 62.0 cm³/mol. The van der Waals surface area contributed by atoms with Crippen molar-refractivity contribution in [1.29, 1.82) is 5.26 Å². The topological polar surface area (TPSA) is 73.9 Å². The molecule has 0 aromatic carbocycles. The van der Waals surface area contributed by atoms with E-state index in [0.717, 1.165) is 24.5 Å². The summed E-state index contributed by atoms with van der Waals surface area (Å²) in [6, 6.07) is 2.15. The summed E-state index contributed by atoms with van der Waals surface area (Å²) in [7, 11) is 1.81. The highest BCUT2D eigenvalue weighted by molar-refractivity contribution is 5.54. The molecule has 0 fully saturated rings. The number of hydrogen-bond donors (Lipinski definition) is 2. The molecule has 0 radical (unpaired) electrons. The molecule has 16 heavy (non-hydrogen) atoms. The minimum absolute atomic E-state index is 0.193. The van der Waals surface area contributed by atoms with Gasteiger partial charge >= 0.3 is 0 Å². The van der Waals surface area contributed by atoms with Crippen molar-refractivity contribution in [3.8, 4) is 6.07 Å². The number of anilines is 1. The Morgan fingerprint density at radius 3 is 2.88 bits per heavy atom. The molecule has 0 amide bonds. The quantitative estimate of drug-likeness (QED) is 0.780. The zero-order valence-electron chi connectivity index (χ0n) is 9.99. The van der Waals surface area contributed by atoms with E-state index >= 15 is 0 Å². The maximum Gasteiger partial charge on any atom is 0.142 e. The summed E-state index contributed by atoms with van der Waals surface area (Å²) in [5, 5.41) is 25.2. The van der Waals surface area contributed by atoms with Gasteiger partial charge in [0, 0.05) is 20.2 Å². The SMILES string of the molecule is Cc1nn(C)c(NCC(C)CCO)c1C#N. The summed E-state index contributed by atoms with van der Waals surface area (Å²) in [5.74, 6) is 1.12. The number of hydrogen-bond acceptors (Lipinski definition) is 4. The summed E-state index contributed by atoms with van der Waals surface area (Å²) < 4.78 is 1.68. The van der Waals surface area contributed by atoms with Gasteiger partial charge in [-0.1, -0.05) is 6.92 Å². The van der Waals surface area contributed by atoms with Crippen molar-refractivity contribution in [2.75, 3.05) is 18.5 Å². The smallest absolute Gasteiger partial charge is 0.142 e. The number of aromatic nitrogens is 2. The highest BCUT2D eigenvalue weighted by Crippen LogP contribution is 2.17. The lowest BCUT2D eigenvalue weighted by Gasteiger charge is -2.12. The van der Waals surface area contributed by atoms with E-state index in [1.54, 1.807) is 4.68 Å². The molecule has 0 saturated carbocycles. The number of aliphatic hydroxyl groups is 1. The van der Waals surface area contributed by atoms with Crippen LogP contribution in [-0.4, -0.2) is 28.0 Å². The number of nitriles is 1. The van der Waals surface area contributed by atoms with Crippen LogP contribution in [0.5, 0.6) is 0 Å². The fourth-order valence-corrected chi connectivity index (χ4v) is 1.59. The lowest BCUT2D eigenvalue weighted by atomic mass is 10.1. The van der Waals surface area contributed by atoms with Crippen LogP contribution in [0.4, 0.5) is 5.82 Å². The summed E-state index contributed by atoms with van der Waals surface area (Å²) >= 11 is 0. The van der Waals surface area contributed by atoms with Crippen LogP contribution in [0.2, 0.25) is 0 Å². The van der Waals surface area contributed by atoms with Gasteiger partial charge in [0.1, 0.15) is 17.5 Å². The van der Waals surface area contributed by atoms with Gasteiger partial charge in [0.05, 0.1) is 5.69 Å². The predicted octanol–water partition coefficient (Wildman–Crippen LogP) is 1.03. The molecule has 88 valence electrons. The third kappa shape index (κ3) is 2.74. The second-order valence-electron chi connectivity index (χ2n) is 4.04. The van der Waals surface area contributed by atoms with E-state index in [2.05, 4.69) is 23.4 Å². The molecule has 1 atom stereocenters. The Balaban J connectivity index is 2.70. The van der Waals surface area contributed by atoms with Crippen molar-refractivity contribution in [1.82, 2.24) is 9.78 Å². The first kappa shape index (κ1) is 12.5. The zero-order valence-corrected chi connectivity index (χ0v) is 9.99. The maximum absolute atomic E-state index is 9.00.